The quantitative estimate of drug-likeness (QED) is 0.851. The van der Waals surface area contributed by atoms with Gasteiger partial charge in [0, 0.05) is 5.70 Å². The number of carbonyl (C=O) groups is 1. The molecule has 6 nitrogen and oxygen atoms in total. The smallest absolute Gasteiger partial charge is 0.299 e. The molecule has 0 unspecified atom stereocenters. The lowest BCUT2D eigenvalue weighted by atomic mass is 10.2. The lowest BCUT2D eigenvalue weighted by molar-refractivity contribution is 0.199. The van der Waals surface area contributed by atoms with Gasteiger partial charge in [0.05, 0.1) is 11.4 Å². The van der Waals surface area contributed by atoms with Gasteiger partial charge in [0.2, 0.25) is 0 Å². The van der Waals surface area contributed by atoms with Crippen LogP contribution in [-0.4, -0.2) is 26.0 Å². The summed E-state index contributed by atoms with van der Waals surface area (Å²) in [5, 5.41) is 1.20. The van der Waals surface area contributed by atoms with Gasteiger partial charge in [0.25, 0.3) is 10.0 Å². The third kappa shape index (κ3) is 2.87. The van der Waals surface area contributed by atoms with E-state index in [0.29, 0.717) is 12.1 Å². The standard InChI is InChI=1S/C12H15N3O3S/c1-9-5-3-4-6-11(9)19(17,18)14-12(16)15-8-7-10(2)13-15/h3-7,13H,8H2,1-2H3,(H,14,16). The fourth-order valence-electron chi connectivity index (χ4n) is 1.75. The second-order valence-corrected chi connectivity index (χ2v) is 5.94. The molecule has 0 atom stereocenters. The first-order valence-electron chi connectivity index (χ1n) is 5.73. The Balaban J connectivity index is 2.15. The zero-order chi connectivity index (χ0) is 14.0. The van der Waals surface area contributed by atoms with Gasteiger partial charge in [-0.25, -0.2) is 22.9 Å². The highest BCUT2D eigenvalue weighted by molar-refractivity contribution is 7.90. The van der Waals surface area contributed by atoms with E-state index >= 15 is 0 Å². The van der Waals surface area contributed by atoms with E-state index in [1.807, 2.05) is 4.72 Å². The number of rotatable bonds is 2. The van der Waals surface area contributed by atoms with Crippen molar-refractivity contribution < 1.29 is 13.2 Å². The molecule has 0 radical (unpaired) electrons. The van der Waals surface area contributed by atoms with Crippen molar-refractivity contribution in [3.05, 3.63) is 41.6 Å². The number of nitrogens with one attached hydrogen (secondary N) is 2. The van der Waals surface area contributed by atoms with Gasteiger partial charge in [-0.3, -0.25) is 5.43 Å². The Kier molecular flexibility index (Phi) is 3.48. The van der Waals surface area contributed by atoms with Crippen molar-refractivity contribution in [1.29, 1.82) is 0 Å². The molecule has 1 aliphatic rings. The van der Waals surface area contributed by atoms with Gasteiger partial charge >= 0.3 is 6.03 Å². The van der Waals surface area contributed by atoms with Crippen LogP contribution in [0.1, 0.15) is 12.5 Å². The minimum absolute atomic E-state index is 0.104. The van der Waals surface area contributed by atoms with Crippen LogP contribution >= 0.6 is 0 Å². The van der Waals surface area contributed by atoms with Crippen LogP contribution in [0.5, 0.6) is 0 Å². The van der Waals surface area contributed by atoms with E-state index < -0.39 is 16.1 Å². The lowest BCUT2D eigenvalue weighted by Crippen LogP contribution is -2.46. The summed E-state index contributed by atoms with van der Waals surface area (Å²) in [5.41, 5.74) is 4.16. The van der Waals surface area contributed by atoms with E-state index in [9.17, 15) is 13.2 Å². The van der Waals surface area contributed by atoms with Crippen LogP contribution in [0, 0.1) is 6.92 Å². The number of aryl methyl sites for hydroxylation is 1. The maximum absolute atomic E-state index is 12.1. The number of hydrazine groups is 1. The Bertz CT molecular complexity index is 637. The van der Waals surface area contributed by atoms with Crippen molar-refractivity contribution in [1.82, 2.24) is 15.2 Å². The average molecular weight is 281 g/mol. The molecular weight excluding hydrogens is 266 g/mol. The van der Waals surface area contributed by atoms with Crippen molar-refractivity contribution in [2.45, 2.75) is 18.7 Å². The highest BCUT2D eigenvalue weighted by atomic mass is 32.2. The zero-order valence-electron chi connectivity index (χ0n) is 10.7. The maximum Gasteiger partial charge on any atom is 0.350 e. The first-order valence-corrected chi connectivity index (χ1v) is 7.22. The largest absolute Gasteiger partial charge is 0.350 e. The minimum Gasteiger partial charge on any atom is -0.299 e. The Labute approximate surface area is 112 Å². The van der Waals surface area contributed by atoms with Crippen LogP contribution < -0.4 is 10.1 Å². The van der Waals surface area contributed by atoms with Crippen LogP contribution in [0.3, 0.4) is 0 Å². The Morgan fingerprint density at radius 2 is 2.00 bits per heavy atom. The molecule has 0 aromatic heterocycles. The number of carbonyl (C=O) groups excluding carboxylic acids is 1. The second-order valence-electron chi connectivity index (χ2n) is 4.29. The van der Waals surface area contributed by atoms with Crippen molar-refractivity contribution in [3.63, 3.8) is 0 Å². The molecule has 1 aromatic carbocycles. The van der Waals surface area contributed by atoms with E-state index in [1.165, 1.54) is 11.1 Å². The normalized spacial score (nSPS) is 14.8. The van der Waals surface area contributed by atoms with E-state index in [1.54, 1.807) is 38.1 Å². The first-order chi connectivity index (χ1) is 8.90. The molecule has 2 rings (SSSR count). The summed E-state index contributed by atoms with van der Waals surface area (Å²) in [6.45, 7) is 3.81. The molecule has 2 amide bonds. The number of nitrogens with zero attached hydrogens (tertiary/aromatic N) is 1. The van der Waals surface area contributed by atoms with E-state index in [4.69, 9.17) is 0 Å². The van der Waals surface area contributed by atoms with Crippen molar-refractivity contribution in [2.75, 3.05) is 6.54 Å². The molecule has 19 heavy (non-hydrogen) atoms. The van der Waals surface area contributed by atoms with Gasteiger partial charge in [-0.2, -0.15) is 0 Å². The van der Waals surface area contributed by atoms with Crippen LogP contribution in [0.25, 0.3) is 0 Å². The molecule has 2 N–H and O–H groups in total. The highest BCUT2D eigenvalue weighted by Crippen LogP contribution is 2.14. The summed E-state index contributed by atoms with van der Waals surface area (Å²) in [7, 11) is -3.85. The predicted molar refractivity (Wildman–Crippen MR) is 70.5 cm³/mol. The molecular formula is C12H15N3O3S. The topological polar surface area (TPSA) is 78.5 Å². The van der Waals surface area contributed by atoms with Gasteiger partial charge in [-0.1, -0.05) is 18.2 Å². The lowest BCUT2D eigenvalue weighted by Gasteiger charge is -2.18. The summed E-state index contributed by atoms with van der Waals surface area (Å²) < 4.78 is 26.2. The van der Waals surface area contributed by atoms with E-state index in [2.05, 4.69) is 5.43 Å². The molecule has 0 bridgehead atoms. The number of benzene rings is 1. The summed E-state index contributed by atoms with van der Waals surface area (Å²) >= 11 is 0. The van der Waals surface area contributed by atoms with Gasteiger partial charge < -0.3 is 0 Å². The number of hydrogen-bond acceptors (Lipinski definition) is 4. The number of hydrogen-bond donors (Lipinski definition) is 2. The highest BCUT2D eigenvalue weighted by Gasteiger charge is 2.24. The van der Waals surface area contributed by atoms with Crippen LogP contribution in [0.4, 0.5) is 4.79 Å². The molecule has 0 spiro atoms. The van der Waals surface area contributed by atoms with Crippen molar-refractivity contribution >= 4 is 16.1 Å². The summed E-state index contributed by atoms with van der Waals surface area (Å²) in [6, 6.07) is 5.80. The molecule has 1 aliphatic heterocycles. The van der Waals surface area contributed by atoms with Gasteiger partial charge in [-0.05, 0) is 31.6 Å². The molecule has 0 aliphatic carbocycles. The molecule has 0 saturated carbocycles. The number of sulfonamides is 1. The molecule has 7 heteroatoms. The van der Waals surface area contributed by atoms with Gasteiger partial charge in [-0.15, -0.1) is 0 Å². The fourth-order valence-corrected chi connectivity index (χ4v) is 2.95. The predicted octanol–water partition coefficient (Wildman–Crippen LogP) is 1.12. The van der Waals surface area contributed by atoms with E-state index in [-0.39, 0.29) is 4.90 Å². The molecule has 0 saturated heterocycles. The number of allylic oxidation sites excluding steroid dienone is 1. The number of urea groups is 1. The van der Waals surface area contributed by atoms with Crippen LogP contribution in [-0.2, 0) is 10.0 Å². The first kappa shape index (κ1) is 13.4. The van der Waals surface area contributed by atoms with E-state index in [0.717, 1.165) is 5.70 Å². The molecule has 1 heterocycles. The summed E-state index contributed by atoms with van der Waals surface area (Å²) in [5.74, 6) is 0. The van der Waals surface area contributed by atoms with Crippen molar-refractivity contribution in [3.8, 4) is 0 Å². The Morgan fingerprint density at radius 3 is 2.58 bits per heavy atom. The monoisotopic (exact) mass is 281 g/mol. The third-order valence-electron chi connectivity index (χ3n) is 2.74. The van der Waals surface area contributed by atoms with Crippen LogP contribution in [0.2, 0.25) is 0 Å². The average Bonchev–Trinajstić information content (AvgIpc) is 2.76. The SMILES string of the molecule is CC1=CCN(C(=O)NS(=O)(=O)c2ccccc2C)N1. The fraction of sp³-hybridized carbons (Fsp3) is 0.250. The van der Waals surface area contributed by atoms with Gasteiger partial charge in [0.15, 0.2) is 0 Å². The summed E-state index contributed by atoms with van der Waals surface area (Å²) in [4.78, 5) is 11.9. The third-order valence-corrected chi connectivity index (χ3v) is 4.22. The minimum atomic E-state index is -3.85. The number of amides is 2. The maximum atomic E-state index is 12.1. The van der Waals surface area contributed by atoms with Crippen molar-refractivity contribution in [2.24, 2.45) is 0 Å². The molecule has 102 valence electrons. The molecule has 0 fully saturated rings. The Morgan fingerprint density at radius 1 is 1.32 bits per heavy atom. The van der Waals surface area contributed by atoms with Crippen LogP contribution in [0.15, 0.2) is 40.9 Å². The summed E-state index contributed by atoms with van der Waals surface area (Å²) in [6.07, 6.45) is 1.79. The van der Waals surface area contributed by atoms with Gasteiger partial charge in [0.1, 0.15) is 0 Å². The zero-order valence-corrected chi connectivity index (χ0v) is 11.5. The second kappa shape index (κ2) is 4.93. The Hall–Kier alpha value is -2.02. The molecule has 1 aromatic rings.